The highest BCUT2D eigenvalue weighted by Gasteiger charge is 2.19. The van der Waals surface area contributed by atoms with Gasteiger partial charge in [0.2, 0.25) is 0 Å². The number of aliphatic hydroxyl groups excluding tert-OH is 1. The maximum Gasteiger partial charge on any atom is 0.255 e. The van der Waals surface area contributed by atoms with Gasteiger partial charge in [-0.25, -0.2) is 4.98 Å². The van der Waals surface area contributed by atoms with Crippen molar-refractivity contribution in [1.82, 2.24) is 4.98 Å². The Labute approximate surface area is 175 Å². The van der Waals surface area contributed by atoms with Crippen LogP contribution in [0.2, 0.25) is 0 Å². The van der Waals surface area contributed by atoms with E-state index in [4.69, 9.17) is 0 Å². The van der Waals surface area contributed by atoms with Crippen molar-refractivity contribution < 1.29 is 15.0 Å². The van der Waals surface area contributed by atoms with E-state index in [-0.39, 0.29) is 18.3 Å². The number of rotatable bonds is 5. The first-order chi connectivity index (χ1) is 14.6. The Morgan fingerprint density at radius 3 is 2.37 bits per heavy atom. The lowest BCUT2D eigenvalue weighted by atomic mass is 10.1. The fraction of sp³-hybridized carbons (Fsp3) is 0.217. The fourth-order valence-electron chi connectivity index (χ4n) is 3.53. The van der Waals surface area contributed by atoms with E-state index in [1.807, 2.05) is 42.5 Å². The van der Waals surface area contributed by atoms with E-state index in [1.54, 1.807) is 24.4 Å². The summed E-state index contributed by atoms with van der Waals surface area (Å²) >= 11 is 0. The molecule has 154 valence electrons. The van der Waals surface area contributed by atoms with Crippen LogP contribution in [0.3, 0.4) is 0 Å². The standard InChI is InChI=1S/C23H24N4O3/c28-16-18-14-20(7-8-21(18)29)26-10-12-27(13-11-26)22-9-6-19(15-24-22)25-23(30)17-4-2-1-3-5-17/h1-9,14-15,28-29H,10-13,16H2,(H,25,30). The second-order valence-corrected chi connectivity index (χ2v) is 7.17. The van der Waals surface area contributed by atoms with Crippen molar-refractivity contribution in [3.05, 3.63) is 78.0 Å². The summed E-state index contributed by atoms with van der Waals surface area (Å²) in [5.41, 5.74) is 2.79. The molecule has 0 saturated carbocycles. The molecule has 4 rings (SSSR count). The van der Waals surface area contributed by atoms with Gasteiger partial charge in [-0.2, -0.15) is 0 Å². The number of hydrogen-bond acceptors (Lipinski definition) is 6. The first kappa shape index (κ1) is 19.7. The van der Waals surface area contributed by atoms with E-state index in [1.165, 1.54) is 0 Å². The molecular formula is C23H24N4O3. The molecule has 0 radical (unpaired) electrons. The fourth-order valence-corrected chi connectivity index (χ4v) is 3.53. The first-order valence-electron chi connectivity index (χ1n) is 9.89. The van der Waals surface area contributed by atoms with Gasteiger partial charge in [0.05, 0.1) is 18.5 Å². The third-order valence-corrected chi connectivity index (χ3v) is 5.24. The molecule has 0 atom stereocenters. The van der Waals surface area contributed by atoms with Gasteiger partial charge in [-0.15, -0.1) is 0 Å². The molecule has 1 aliphatic rings. The number of aromatic hydroxyl groups is 1. The predicted octanol–water partition coefficient (Wildman–Crippen LogP) is 2.86. The molecule has 1 aliphatic heterocycles. The normalized spacial score (nSPS) is 13.9. The third-order valence-electron chi connectivity index (χ3n) is 5.24. The van der Waals surface area contributed by atoms with Gasteiger partial charge >= 0.3 is 0 Å². The lowest BCUT2D eigenvalue weighted by molar-refractivity contribution is 0.102. The largest absolute Gasteiger partial charge is 0.508 e. The molecule has 0 bridgehead atoms. The minimum Gasteiger partial charge on any atom is -0.508 e. The first-order valence-corrected chi connectivity index (χ1v) is 9.89. The Kier molecular flexibility index (Phi) is 5.81. The van der Waals surface area contributed by atoms with Crippen LogP contribution in [0.15, 0.2) is 66.9 Å². The maximum absolute atomic E-state index is 12.3. The quantitative estimate of drug-likeness (QED) is 0.606. The Hall–Kier alpha value is -3.58. The van der Waals surface area contributed by atoms with Crippen LogP contribution >= 0.6 is 0 Å². The van der Waals surface area contributed by atoms with Gasteiger partial charge in [-0.3, -0.25) is 4.79 Å². The SMILES string of the molecule is O=C(Nc1ccc(N2CCN(c3ccc(O)c(CO)c3)CC2)nc1)c1ccccc1. The number of anilines is 3. The summed E-state index contributed by atoms with van der Waals surface area (Å²) in [6.07, 6.45) is 1.68. The summed E-state index contributed by atoms with van der Waals surface area (Å²) in [5.74, 6) is 0.826. The Bertz CT molecular complexity index is 1000. The van der Waals surface area contributed by atoms with E-state index in [2.05, 4.69) is 20.1 Å². The molecule has 30 heavy (non-hydrogen) atoms. The van der Waals surface area contributed by atoms with Crippen molar-refractivity contribution in [2.45, 2.75) is 6.61 Å². The molecule has 2 aromatic carbocycles. The topological polar surface area (TPSA) is 88.9 Å². The number of aromatic nitrogens is 1. The summed E-state index contributed by atoms with van der Waals surface area (Å²) in [7, 11) is 0. The zero-order chi connectivity index (χ0) is 20.9. The summed E-state index contributed by atoms with van der Waals surface area (Å²) in [6.45, 7) is 3.04. The van der Waals surface area contributed by atoms with Crippen molar-refractivity contribution >= 4 is 23.1 Å². The average Bonchev–Trinajstić information content (AvgIpc) is 2.80. The number of phenols is 1. The van der Waals surface area contributed by atoms with Crippen LogP contribution in [0.1, 0.15) is 15.9 Å². The summed E-state index contributed by atoms with van der Waals surface area (Å²) in [5, 5.41) is 22.0. The van der Waals surface area contributed by atoms with Crippen LogP contribution in [0.4, 0.5) is 17.2 Å². The minimum absolute atomic E-state index is 0.114. The molecule has 3 N–H and O–H groups in total. The molecule has 0 aliphatic carbocycles. The van der Waals surface area contributed by atoms with Crippen molar-refractivity contribution in [3.63, 3.8) is 0 Å². The minimum atomic E-state index is -0.184. The Morgan fingerprint density at radius 1 is 0.967 bits per heavy atom. The number of nitrogens with zero attached hydrogens (tertiary/aromatic N) is 3. The van der Waals surface area contributed by atoms with Crippen molar-refractivity contribution in [1.29, 1.82) is 0 Å². The highest BCUT2D eigenvalue weighted by molar-refractivity contribution is 6.04. The van der Waals surface area contributed by atoms with Gasteiger partial charge in [0.15, 0.2) is 0 Å². The number of amides is 1. The lowest BCUT2D eigenvalue weighted by Gasteiger charge is -2.37. The number of piperazine rings is 1. The zero-order valence-electron chi connectivity index (χ0n) is 16.5. The highest BCUT2D eigenvalue weighted by Crippen LogP contribution is 2.26. The molecule has 3 aromatic rings. The van der Waals surface area contributed by atoms with Crippen LogP contribution in [0.5, 0.6) is 5.75 Å². The molecule has 7 heteroatoms. The number of carbonyl (C=O) groups excluding carboxylic acids is 1. The second-order valence-electron chi connectivity index (χ2n) is 7.17. The summed E-state index contributed by atoms with van der Waals surface area (Å²) < 4.78 is 0. The molecule has 2 heterocycles. The van der Waals surface area contributed by atoms with Crippen molar-refractivity contribution in [3.8, 4) is 5.75 Å². The summed E-state index contributed by atoms with van der Waals surface area (Å²) in [4.78, 5) is 21.2. The number of carbonyl (C=O) groups is 1. The van der Waals surface area contributed by atoms with Gasteiger partial charge in [-0.1, -0.05) is 18.2 Å². The molecule has 1 amide bonds. The van der Waals surface area contributed by atoms with E-state index < -0.39 is 0 Å². The van der Waals surface area contributed by atoms with Gasteiger partial charge < -0.3 is 25.3 Å². The number of benzene rings is 2. The van der Waals surface area contributed by atoms with Gasteiger partial charge in [-0.05, 0) is 42.5 Å². The second kappa shape index (κ2) is 8.84. The summed E-state index contributed by atoms with van der Waals surface area (Å²) in [6, 6.07) is 18.2. The van der Waals surface area contributed by atoms with Crippen molar-refractivity contribution in [2.75, 3.05) is 41.3 Å². The molecule has 0 spiro atoms. The highest BCUT2D eigenvalue weighted by atomic mass is 16.3. The number of hydrogen-bond donors (Lipinski definition) is 3. The monoisotopic (exact) mass is 404 g/mol. The van der Waals surface area contributed by atoms with Crippen LogP contribution in [-0.4, -0.2) is 47.3 Å². The molecule has 0 unspecified atom stereocenters. The number of pyridine rings is 1. The smallest absolute Gasteiger partial charge is 0.255 e. The van der Waals surface area contributed by atoms with Crippen LogP contribution in [0, 0.1) is 0 Å². The van der Waals surface area contributed by atoms with Crippen molar-refractivity contribution in [2.24, 2.45) is 0 Å². The van der Waals surface area contributed by atoms with Gasteiger partial charge in [0.25, 0.3) is 5.91 Å². The maximum atomic E-state index is 12.3. The van der Waals surface area contributed by atoms with E-state index in [0.717, 1.165) is 37.7 Å². The van der Waals surface area contributed by atoms with Gasteiger partial charge in [0, 0.05) is 43.0 Å². The third kappa shape index (κ3) is 4.36. The molecule has 1 saturated heterocycles. The average molecular weight is 404 g/mol. The van der Waals surface area contributed by atoms with E-state index >= 15 is 0 Å². The Balaban J connectivity index is 1.35. The molecule has 7 nitrogen and oxygen atoms in total. The molecule has 1 fully saturated rings. The van der Waals surface area contributed by atoms with Gasteiger partial charge in [0.1, 0.15) is 11.6 Å². The lowest BCUT2D eigenvalue weighted by Crippen LogP contribution is -2.46. The molecular weight excluding hydrogens is 380 g/mol. The number of nitrogens with one attached hydrogen (secondary N) is 1. The predicted molar refractivity (Wildman–Crippen MR) is 117 cm³/mol. The van der Waals surface area contributed by atoms with E-state index in [9.17, 15) is 15.0 Å². The van der Waals surface area contributed by atoms with Crippen LogP contribution in [-0.2, 0) is 6.61 Å². The van der Waals surface area contributed by atoms with E-state index in [0.29, 0.717) is 16.8 Å². The molecule has 1 aromatic heterocycles. The van der Waals surface area contributed by atoms with Crippen LogP contribution in [0.25, 0.3) is 0 Å². The number of aliphatic hydroxyl groups is 1. The van der Waals surface area contributed by atoms with Crippen LogP contribution < -0.4 is 15.1 Å². The Morgan fingerprint density at radius 2 is 1.70 bits per heavy atom. The zero-order valence-corrected chi connectivity index (χ0v) is 16.5.